The van der Waals surface area contributed by atoms with Gasteiger partial charge in [-0.05, 0) is 24.3 Å². The third-order valence-electron chi connectivity index (χ3n) is 2.99. The van der Waals surface area contributed by atoms with Crippen LogP contribution in [0.4, 0.5) is 0 Å². The van der Waals surface area contributed by atoms with Crippen molar-refractivity contribution in [3.8, 4) is 6.07 Å². The van der Waals surface area contributed by atoms with Gasteiger partial charge in [-0.15, -0.1) is 11.3 Å². The topological polar surface area (TPSA) is 70.4 Å². The lowest BCUT2D eigenvalue weighted by Crippen LogP contribution is -2.37. The fourth-order valence-electron chi connectivity index (χ4n) is 2.04. The zero-order valence-corrected chi connectivity index (χ0v) is 12.1. The Hall–Kier alpha value is -0.940. The molecule has 1 fully saturated rings. The van der Waals surface area contributed by atoms with Gasteiger partial charge >= 0.3 is 0 Å². The van der Waals surface area contributed by atoms with Crippen LogP contribution in [0, 0.1) is 11.3 Å². The van der Waals surface area contributed by atoms with Gasteiger partial charge in [-0.3, -0.25) is 0 Å². The molecule has 0 amide bonds. The van der Waals surface area contributed by atoms with Crippen molar-refractivity contribution in [1.82, 2.24) is 4.31 Å². The third-order valence-corrected chi connectivity index (χ3v) is 6.23. The summed E-state index contributed by atoms with van der Waals surface area (Å²) in [4.78, 5) is 0. The second-order valence-corrected chi connectivity index (χ2v) is 7.45. The number of ether oxygens (including phenoxy) is 1. The van der Waals surface area contributed by atoms with E-state index in [-0.39, 0.29) is 19.1 Å². The zero-order valence-electron chi connectivity index (χ0n) is 10.5. The van der Waals surface area contributed by atoms with Crippen LogP contribution in [0.5, 0.6) is 0 Å². The first kappa shape index (κ1) is 14.5. The van der Waals surface area contributed by atoms with E-state index in [4.69, 9.17) is 10.00 Å². The smallest absolute Gasteiger partial charge is 0.252 e. The second kappa shape index (κ2) is 6.48. The summed E-state index contributed by atoms with van der Waals surface area (Å²) in [6, 6.07) is 5.30. The maximum absolute atomic E-state index is 12.5. The summed E-state index contributed by atoms with van der Waals surface area (Å²) in [7, 11) is -3.50. The molecule has 1 unspecified atom stereocenters. The molecule has 7 heteroatoms. The average molecular weight is 300 g/mol. The predicted octanol–water partition coefficient (Wildman–Crippen LogP) is 1.83. The van der Waals surface area contributed by atoms with Crippen molar-refractivity contribution in [3.63, 3.8) is 0 Å². The van der Waals surface area contributed by atoms with E-state index in [0.717, 1.165) is 12.8 Å². The highest BCUT2D eigenvalue weighted by molar-refractivity contribution is 7.91. The fraction of sp³-hybridized carbons (Fsp3) is 0.583. The van der Waals surface area contributed by atoms with Gasteiger partial charge in [0.2, 0.25) is 0 Å². The Balaban J connectivity index is 2.14. The molecule has 1 saturated heterocycles. The number of hydrogen-bond acceptors (Lipinski definition) is 5. The van der Waals surface area contributed by atoms with Gasteiger partial charge in [-0.2, -0.15) is 9.57 Å². The van der Waals surface area contributed by atoms with Crippen LogP contribution in [0.2, 0.25) is 0 Å². The van der Waals surface area contributed by atoms with Crippen molar-refractivity contribution in [2.45, 2.75) is 29.6 Å². The molecule has 0 spiro atoms. The fourth-order valence-corrected chi connectivity index (χ4v) is 4.65. The normalized spacial score (nSPS) is 19.7. The van der Waals surface area contributed by atoms with Gasteiger partial charge in [0.15, 0.2) is 0 Å². The van der Waals surface area contributed by atoms with Crippen LogP contribution >= 0.6 is 11.3 Å². The van der Waals surface area contributed by atoms with Crippen molar-refractivity contribution in [3.05, 3.63) is 17.5 Å². The van der Waals surface area contributed by atoms with Gasteiger partial charge in [-0.1, -0.05) is 6.07 Å². The average Bonchev–Trinajstić information content (AvgIpc) is 3.06. The molecular formula is C12H16N2O3S2. The van der Waals surface area contributed by atoms with Gasteiger partial charge in [-0.25, -0.2) is 8.42 Å². The van der Waals surface area contributed by atoms with Crippen LogP contribution in [-0.4, -0.2) is 38.5 Å². The van der Waals surface area contributed by atoms with Crippen molar-refractivity contribution < 1.29 is 13.2 Å². The van der Waals surface area contributed by atoms with Crippen LogP contribution in [0.1, 0.15) is 19.3 Å². The molecule has 0 aromatic carbocycles. The first-order chi connectivity index (χ1) is 9.14. The molecule has 2 rings (SSSR count). The molecule has 1 aliphatic rings. The van der Waals surface area contributed by atoms with E-state index >= 15 is 0 Å². The van der Waals surface area contributed by atoms with E-state index in [1.54, 1.807) is 17.5 Å². The van der Waals surface area contributed by atoms with E-state index < -0.39 is 10.0 Å². The number of nitrogens with zero attached hydrogens (tertiary/aromatic N) is 2. The highest BCUT2D eigenvalue weighted by atomic mass is 32.2. The SMILES string of the molecule is N#CCCN(CC1CCCO1)S(=O)(=O)c1cccs1. The largest absolute Gasteiger partial charge is 0.377 e. The molecule has 0 radical (unpaired) electrons. The van der Waals surface area contributed by atoms with E-state index in [0.29, 0.717) is 17.4 Å². The number of hydrogen-bond donors (Lipinski definition) is 0. The Kier molecular flexibility index (Phi) is 4.93. The van der Waals surface area contributed by atoms with Crippen molar-refractivity contribution >= 4 is 21.4 Å². The summed E-state index contributed by atoms with van der Waals surface area (Å²) in [5.41, 5.74) is 0. The Morgan fingerprint density at radius 1 is 1.58 bits per heavy atom. The standard InChI is InChI=1S/C12H16N2O3S2/c13-6-3-7-14(10-11-4-1-8-17-11)19(15,16)12-5-2-9-18-12/h2,5,9,11H,1,3-4,7-8,10H2. The van der Waals surface area contributed by atoms with E-state index in [9.17, 15) is 8.42 Å². The predicted molar refractivity (Wildman–Crippen MR) is 72.3 cm³/mol. The number of nitriles is 1. The molecule has 0 N–H and O–H groups in total. The molecule has 1 atom stereocenters. The quantitative estimate of drug-likeness (QED) is 0.803. The summed E-state index contributed by atoms with van der Waals surface area (Å²) in [6.07, 6.45) is 1.99. The molecule has 0 saturated carbocycles. The third kappa shape index (κ3) is 3.54. The molecule has 5 nitrogen and oxygen atoms in total. The zero-order chi connectivity index (χ0) is 13.7. The van der Waals surface area contributed by atoms with Crippen LogP contribution in [0.3, 0.4) is 0 Å². The van der Waals surface area contributed by atoms with E-state index in [2.05, 4.69) is 0 Å². The first-order valence-electron chi connectivity index (χ1n) is 6.17. The highest BCUT2D eigenvalue weighted by Gasteiger charge is 2.29. The van der Waals surface area contributed by atoms with Gasteiger partial charge in [0.25, 0.3) is 10.0 Å². The van der Waals surface area contributed by atoms with E-state index in [1.807, 2.05) is 6.07 Å². The van der Waals surface area contributed by atoms with Crippen LogP contribution in [0.25, 0.3) is 0 Å². The first-order valence-corrected chi connectivity index (χ1v) is 8.49. The summed E-state index contributed by atoms with van der Waals surface area (Å²) < 4.78 is 32.1. The molecule has 1 aliphatic heterocycles. The minimum absolute atomic E-state index is 0.0477. The van der Waals surface area contributed by atoms with Crippen molar-refractivity contribution in [2.24, 2.45) is 0 Å². The highest BCUT2D eigenvalue weighted by Crippen LogP contribution is 2.23. The van der Waals surface area contributed by atoms with Gasteiger partial charge in [0.1, 0.15) is 4.21 Å². The van der Waals surface area contributed by atoms with E-state index in [1.165, 1.54) is 15.6 Å². The Labute approximate surface area is 117 Å². The number of sulfonamides is 1. The summed E-state index contributed by atoms with van der Waals surface area (Å²) in [5, 5.41) is 10.4. The molecule has 19 heavy (non-hydrogen) atoms. The van der Waals surface area contributed by atoms with Gasteiger partial charge < -0.3 is 4.74 Å². The summed E-state index contributed by atoms with van der Waals surface area (Å²) in [6.45, 7) is 1.24. The maximum atomic E-state index is 12.5. The minimum Gasteiger partial charge on any atom is -0.377 e. The monoisotopic (exact) mass is 300 g/mol. The molecular weight excluding hydrogens is 284 g/mol. The van der Waals surface area contributed by atoms with Gasteiger partial charge in [0.05, 0.1) is 12.2 Å². The van der Waals surface area contributed by atoms with Crippen LogP contribution < -0.4 is 0 Å². The van der Waals surface area contributed by atoms with Crippen LogP contribution in [0.15, 0.2) is 21.7 Å². The number of thiophene rings is 1. The minimum atomic E-state index is -3.50. The second-order valence-electron chi connectivity index (χ2n) is 4.34. The number of rotatable bonds is 6. The van der Waals surface area contributed by atoms with Crippen molar-refractivity contribution in [2.75, 3.05) is 19.7 Å². The Morgan fingerprint density at radius 2 is 2.42 bits per heavy atom. The lowest BCUT2D eigenvalue weighted by molar-refractivity contribution is 0.0941. The molecule has 0 aliphatic carbocycles. The van der Waals surface area contributed by atoms with Gasteiger partial charge in [0, 0.05) is 26.1 Å². The summed E-state index contributed by atoms with van der Waals surface area (Å²) in [5.74, 6) is 0. The molecule has 2 heterocycles. The Morgan fingerprint density at radius 3 is 3.00 bits per heavy atom. The molecule has 1 aromatic heterocycles. The maximum Gasteiger partial charge on any atom is 0.252 e. The Bertz CT molecular complexity index is 528. The molecule has 1 aromatic rings. The summed E-state index contributed by atoms with van der Waals surface area (Å²) >= 11 is 1.20. The van der Waals surface area contributed by atoms with Crippen molar-refractivity contribution in [1.29, 1.82) is 5.26 Å². The lowest BCUT2D eigenvalue weighted by atomic mass is 10.2. The molecule has 0 bridgehead atoms. The lowest BCUT2D eigenvalue weighted by Gasteiger charge is -2.23. The molecule has 104 valence electrons. The van der Waals surface area contributed by atoms with Crippen LogP contribution in [-0.2, 0) is 14.8 Å².